The summed E-state index contributed by atoms with van der Waals surface area (Å²) in [6, 6.07) is 69.2. The second-order valence-corrected chi connectivity index (χ2v) is 14.8. The molecule has 0 aromatic heterocycles. The smallest absolute Gasteiger partial charge is 0.130 e. The molecule has 0 fully saturated rings. The van der Waals surface area contributed by atoms with Crippen LogP contribution < -0.4 is 10.2 Å². The molecule has 2 nitrogen and oxygen atoms in total. The Balaban J connectivity index is 1.11. The standard InChI is InChI=1S/C53H38N2/c1-2-18-40(19-3-1)55-50-27-11-10-26-49(50)54-53(55)38-30-28-35(29-31-38)39-32-33-47-48(34-39)52(44-25-13-17-37-15-5-7-21-42(37)44)46-23-9-8-22-45(46)51(47)43-24-12-16-36-14-4-6-20-41(36)43/h1-12,14-16,18-34,53-54H,13,17H2. The van der Waals surface area contributed by atoms with Gasteiger partial charge in [-0.2, -0.15) is 0 Å². The van der Waals surface area contributed by atoms with Gasteiger partial charge in [-0.15, -0.1) is 0 Å². The van der Waals surface area contributed by atoms with E-state index in [1.54, 1.807) is 0 Å². The van der Waals surface area contributed by atoms with E-state index in [0.29, 0.717) is 0 Å². The van der Waals surface area contributed by atoms with Gasteiger partial charge in [0.25, 0.3) is 0 Å². The van der Waals surface area contributed by atoms with Gasteiger partial charge in [0.1, 0.15) is 6.17 Å². The normalized spacial score (nSPS) is 14.8. The molecular weight excluding hydrogens is 665 g/mol. The minimum absolute atomic E-state index is 0.00928. The van der Waals surface area contributed by atoms with E-state index in [1.165, 1.54) is 93.8 Å². The molecule has 1 unspecified atom stereocenters. The highest BCUT2D eigenvalue weighted by molar-refractivity contribution is 6.22. The number of nitrogens with one attached hydrogen (secondary N) is 1. The number of hydrogen-bond donors (Lipinski definition) is 1. The summed E-state index contributed by atoms with van der Waals surface area (Å²) in [7, 11) is 0. The number of hydrogen-bond acceptors (Lipinski definition) is 2. The van der Waals surface area contributed by atoms with Crippen LogP contribution in [0.5, 0.6) is 0 Å². The van der Waals surface area contributed by atoms with Gasteiger partial charge in [-0.1, -0.05) is 164 Å². The Bertz CT molecular complexity index is 2950. The molecule has 9 aromatic carbocycles. The second-order valence-electron chi connectivity index (χ2n) is 14.8. The zero-order valence-corrected chi connectivity index (χ0v) is 30.4. The van der Waals surface area contributed by atoms with Gasteiger partial charge in [0, 0.05) is 5.69 Å². The Labute approximate surface area is 321 Å². The minimum Gasteiger partial charge on any atom is -0.359 e. The van der Waals surface area contributed by atoms with Crippen molar-refractivity contribution in [3.8, 4) is 22.3 Å². The summed E-state index contributed by atoms with van der Waals surface area (Å²) in [6.45, 7) is 0. The van der Waals surface area contributed by atoms with Crippen LogP contribution in [-0.2, 0) is 6.42 Å². The van der Waals surface area contributed by atoms with Crippen LogP contribution in [0.3, 0.4) is 0 Å². The number of rotatable bonds is 5. The quantitative estimate of drug-likeness (QED) is 0.180. The molecular formula is C53H38N2. The van der Waals surface area contributed by atoms with Gasteiger partial charge in [0.15, 0.2) is 0 Å². The topological polar surface area (TPSA) is 15.3 Å². The molecule has 0 bridgehead atoms. The molecule has 1 N–H and O–H groups in total. The highest BCUT2D eigenvalue weighted by Crippen LogP contribution is 2.48. The highest BCUT2D eigenvalue weighted by atomic mass is 15.3. The van der Waals surface area contributed by atoms with E-state index >= 15 is 0 Å². The van der Waals surface area contributed by atoms with Crippen molar-refractivity contribution in [2.45, 2.75) is 19.0 Å². The van der Waals surface area contributed by atoms with Crippen LogP contribution in [0.25, 0.3) is 60.1 Å². The minimum atomic E-state index is -0.00928. The third-order valence-corrected chi connectivity index (χ3v) is 11.7. The Morgan fingerprint density at radius 2 is 1.13 bits per heavy atom. The monoisotopic (exact) mass is 702 g/mol. The lowest BCUT2D eigenvalue weighted by atomic mass is 9.79. The van der Waals surface area contributed by atoms with Crippen LogP contribution in [-0.4, -0.2) is 0 Å². The van der Waals surface area contributed by atoms with E-state index in [0.717, 1.165) is 18.5 Å². The molecule has 2 heteroatoms. The van der Waals surface area contributed by atoms with Gasteiger partial charge >= 0.3 is 0 Å². The summed E-state index contributed by atoms with van der Waals surface area (Å²) in [5.74, 6) is 0. The molecule has 0 spiro atoms. The van der Waals surface area contributed by atoms with Crippen molar-refractivity contribution in [2.75, 3.05) is 10.2 Å². The maximum atomic E-state index is 3.81. The molecule has 0 saturated carbocycles. The molecule has 1 atom stereocenters. The van der Waals surface area contributed by atoms with Crippen molar-refractivity contribution >= 4 is 55.0 Å². The van der Waals surface area contributed by atoms with E-state index in [4.69, 9.17) is 0 Å². The number of para-hydroxylation sites is 3. The van der Waals surface area contributed by atoms with Crippen molar-refractivity contribution in [3.63, 3.8) is 0 Å². The lowest BCUT2D eigenvalue weighted by Gasteiger charge is -2.27. The van der Waals surface area contributed by atoms with E-state index in [-0.39, 0.29) is 6.17 Å². The average Bonchev–Trinajstić information content (AvgIpc) is 3.65. The Morgan fingerprint density at radius 3 is 2.00 bits per heavy atom. The molecule has 0 radical (unpaired) electrons. The first-order valence-corrected chi connectivity index (χ1v) is 19.4. The van der Waals surface area contributed by atoms with Gasteiger partial charge < -0.3 is 10.2 Å². The Kier molecular flexibility index (Phi) is 7.41. The summed E-state index contributed by atoms with van der Waals surface area (Å²) in [5, 5.41) is 11.5. The van der Waals surface area contributed by atoms with Gasteiger partial charge in [0.2, 0.25) is 0 Å². The van der Waals surface area contributed by atoms with Crippen molar-refractivity contribution in [2.24, 2.45) is 0 Å². The van der Waals surface area contributed by atoms with E-state index in [2.05, 4.69) is 204 Å². The van der Waals surface area contributed by atoms with Gasteiger partial charge in [-0.05, 0) is 126 Å². The number of nitrogens with zero attached hydrogens (tertiary/aromatic N) is 1. The molecule has 1 heterocycles. The lowest BCUT2D eigenvalue weighted by molar-refractivity contribution is 0.828. The largest absolute Gasteiger partial charge is 0.359 e. The molecule has 11 rings (SSSR count). The predicted octanol–water partition coefficient (Wildman–Crippen LogP) is 14.1. The van der Waals surface area contributed by atoms with Crippen LogP contribution in [0.15, 0.2) is 194 Å². The fourth-order valence-corrected chi connectivity index (χ4v) is 9.23. The fourth-order valence-electron chi connectivity index (χ4n) is 9.23. The first-order chi connectivity index (χ1) is 27.3. The second kappa shape index (κ2) is 12.9. The van der Waals surface area contributed by atoms with Crippen LogP contribution in [0, 0.1) is 0 Å². The summed E-state index contributed by atoms with van der Waals surface area (Å²) in [4.78, 5) is 2.41. The van der Waals surface area contributed by atoms with Crippen molar-refractivity contribution in [1.82, 2.24) is 0 Å². The zero-order chi connectivity index (χ0) is 36.3. The predicted molar refractivity (Wildman–Crippen MR) is 233 cm³/mol. The van der Waals surface area contributed by atoms with E-state index < -0.39 is 0 Å². The van der Waals surface area contributed by atoms with Crippen LogP contribution in [0.2, 0.25) is 0 Å². The summed E-state index contributed by atoms with van der Waals surface area (Å²) in [6.07, 6.45) is 4.58. The average molecular weight is 703 g/mol. The summed E-state index contributed by atoms with van der Waals surface area (Å²) >= 11 is 0. The first kappa shape index (κ1) is 31.6. The van der Waals surface area contributed by atoms with Gasteiger partial charge in [-0.3, -0.25) is 0 Å². The molecule has 260 valence electrons. The fraction of sp³-hybridized carbons (Fsp3) is 0.0566. The highest BCUT2D eigenvalue weighted by Gasteiger charge is 2.31. The number of anilines is 3. The molecule has 0 amide bonds. The van der Waals surface area contributed by atoms with Crippen LogP contribution in [0.4, 0.5) is 17.1 Å². The maximum absolute atomic E-state index is 3.81. The van der Waals surface area contributed by atoms with E-state index in [9.17, 15) is 0 Å². The van der Waals surface area contributed by atoms with Gasteiger partial charge in [0.05, 0.1) is 11.4 Å². The third kappa shape index (κ3) is 5.17. The molecule has 1 aliphatic carbocycles. The van der Waals surface area contributed by atoms with E-state index in [1.807, 2.05) is 0 Å². The Morgan fingerprint density at radius 1 is 0.473 bits per heavy atom. The number of fused-ring (bicyclic) bond motifs is 5. The molecule has 0 saturated heterocycles. The Hall–Kier alpha value is -6.90. The first-order valence-electron chi connectivity index (χ1n) is 19.4. The lowest BCUT2D eigenvalue weighted by Crippen LogP contribution is -2.23. The molecule has 2 aliphatic rings. The van der Waals surface area contributed by atoms with Gasteiger partial charge in [-0.25, -0.2) is 0 Å². The maximum Gasteiger partial charge on any atom is 0.130 e. The SMILES string of the molecule is C1=C(c2c3ccccc3c(-c3cccc4ccccc34)c3ccc(-c4ccc(C5Nc6ccccc6N5c5ccccc5)cc4)cc23)c2ccccc2CC1. The van der Waals surface area contributed by atoms with Crippen molar-refractivity contribution in [3.05, 3.63) is 216 Å². The molecule has 9 aromatic rings. The van der Waals surface area contributed by atoms with Crippen LogP contribution in [0.1, 0.15) is 34.8 Å². The molecule has 55 heavy (non-hydrogen) atoms. The third-order valence-electron chi connectivity index (χ3n) is 11.7. The summed E-state index contributed by atoms with van der Waals surface area (Å²) < 4.78 is 0. The number of benzene rings is 9. The zero-order valence-electron chi connectivity index (χ0n) is 30.4. The van der Waals surface area contributed by atoms with Crippen molar-refractivity contribution in [1.29, 1.82) is 0 Å². The van der Waals surface area contributed by atoms with Crippen LogP contribution >= 0.6 is 0 Å². The molecule has 1 aliphatic heterocycles. The number of allylic oxidation sites excluding steroid dienone is 1. The van der Waals surface area contributed by atoms with Crippen molar-refractivity contribution < 1.29 is 0 Å². The number of aryl methyl sites for hydroxylation is 1. The summed E-state index contributed by atoms with van der Waals surface area (Å²) in [5.41, 5.74) is 15.2.